The fourth-order valence-electron chi connectivity index (χ4n) is 1.83. The minimum atomic E-state index is -0.538. The van der Waals surface area contributed by atoms with Crippen molar-refractivity contribution in [2.24, 2.45) is 0 Å². The summed E-state index contributed by atoms with van der Waals surface area (Å²) < 4.78 is 32.0. The number of benzene rings is 1. The number of halogens is 3. The molecule has 17 heavy (non-hydrogen) atoms. The van der Waals surface area contributed by atoms with Gasteiger partial charge in [0.25, 0.3) is 0 Å². The van der Waals surface area contributed by atoms with E-state index in [1.165, 1.54) is 18.2 Å². The molecule has 5 heteroatoms. The van der Waals surface area contributed by atoms with Gasteiger partial charge in [-0.25, -0.2) is 8.78 Å². The summed E-state index contributed by atoms with van der Waals surface area (Å²) in [5, 5.41) is 3.19. The average Bonchev–Trinajstić information content (AvgIpc) is 2.30. The maximum absolute atomic E-state index is 13.3. The molecule has 1 heterocycles. The summed E-state index contributed by atoms with van der Waals surface area (Å²) in [6, 6.07) is 3.86. The first kappa shape index (κ1) is 14.4. The molecule has 0 amide bonds. The predicted molar refractivity (Wildman–Crippen MR) is 64.3 cm³/mol. The summed E-state index contributed by atoms with van der Waals surface area (Å²) in [7, 11) is 0. The molecule has 1 aromatic carbocycles. The number of rotatable bonds is 3. The van der Waals surface area contributed by atoms with Gasteiger partial charge in [0.1, 0.15) is 11.6 Å². The van der Waals surface area contributed by atoms with E-state index in [1.807, 2.05) is 0 Å². The molecule has 2 rings (SSSR count). The maximum atomic E-state index is 13.3. The molecule has 96 valence electrons. The second-order valence-corrected chi connectivity index (χ2v) is 3.98. The summed E-state index contributed by atoms with van der Waals surface area (Å²) in [5.74, 6) is -1.08. The van der Waals surface area contributed by atoms with E-state index < -0.39 is 11.6 Å². The zero-order valence-corrected chi connectivity index (χ0v) is 10.2. The second kappa shape index (κ2) is 6.89. The van der Waals surface area contributed by atoms with E-state index >= 15 is 0 Å². The molecule has 0 saturated carbocycles. The Bertz CT molecular complexity index is 336. The quantitative estimate of drug-likeness (QED) is 0.905. The van der Waals surface area contributed by atoms with Crippen molar-refractivity contribution in [3.63, 3.8) is 0 Å². The maximum Gasteiger partial charge on any atom is 0.131 e. The summed E-state index contributed by atoms with van der Waals surface area (Å²) >= 11 is 0. The number of piperidine rings is 1. The second-order valence-electron chi connectivity index (χ2n) is 3.98. The van der Waals surface area contributed by atoms with E-state index in [0.717, 1.165) is 25.9 Å². The molecule has 0 bridgehead atoms. The van der Waals surface area contributed by atoms with E-state index in [1.54, 1.807) is 0 Å². The smallest absolute Gasteiger partial charge is 0.131 e. The van der Waals surface area contributed by atoms with Crippen LogP contribution in [0.3, 0.4) is 0 Å². The topological polar surface area (TPSA) is 21.3 Å². The first-order valence-electron chi connectivity index (χ1n) is 5.52. The van der Waals surface area contributed by atoms with Crippen LogP contribution in [0.1, 0.15) is 18.4 Å². The zero-order valence-electron chi connectivity index (χ0n) is 9.42. The fraction of sp³-hybridized carbons (Fsp3) is 0.500. The first-order chi connectivity index (χ1) is 7.77. The van der Waals surface area contributed by atoms with Crippen LogP contribution in [0.2, 0.25) is 0 Å². The van der Waals surface area contributed by atoms with Gasteiger partial charge in [-0.3, -0.25) is 0 Å². The Balaban J connectivity index is 0.00000144. The van der Waals surface area contributed by atoms with Gasteiger partial charge in [0, 0.05) is 12.1 Å². The third-order valence-electron chi connectivity index (χ3n) is 2.78. The lowest BCUT2D eigenvalue weighted by Crippen LogP contribution is -2.35. The third-order valence-corrected chi connectivity index (χ3v) is 2.78. The van der Waals surface area contributed by atoms with Crippen LogP contribution in [0, 0.1) is 11.6 Å². The van der Waals surface area contributed by atoms with Gasteiger partial charge in [-0.2, -0.15) is 0 Å². The van der Waals surface area contributed by atoms with Crippen LogP contribution in [0.15, 0.2) is 18.2 Å². The van der Waals surface area contributed by atoms with Crippen molar-refractivity contribution in [2.75, 3.05) is 13.1 Å². The lowest BCUT2D eigenvalue weighted by Gasteiger charge is -2.23. The first-order valence-corrected chi connectivity index (χ1v) is 5.52. The Morgan fingerprint density at radius 2 is 2.00 bits per heavy atom. The Morgan fingerprint density at radius 1 is 1.29 bits per heavy atom. The summed E-state index contributed by atoms with van der Waals surface area (Å²) in [4.78, 5) is 0. The Kier molecular flexibility index (Phi) is 5.82. The minimum Gasteiger partial charge on any atom is -0.372 e. The van der Waals surface area contributed by atoms with Crippen LogP contribution in [0.5, 0.6) is 0 Å². The zero-order chi connectivity index (χ0) is 11.4. The van der Waals surface area contributed by atoms with E-state index in [9.17, 15) is 8.78 Å². The Labute approximate surface area is 106 Å². The fourth-order valence-corrected chi connectivity index (χ4v) is 1.83. The molecule has 0 radical (unpaired) electrons. The molecule has 0 aromatic heterocycles. The highest BCUT2D eigenvalue weighted by molar-refractivity contribution is 5.85. The molecule has 2 nitrogen and oxygen atoms in total. The molecule has 1 unspecified atom stereocenters. The van der Waals surface area contributed by atoms with Crippen LogP contribution in [-0.2, 0) is 11.3 Å². The van der Waals surface area contributed by atoms with Crippen LogP contribution >= 0.6 is 12.4 Å². The van der Waals surface area contributed by atoms with Crippen LogP contribution in [-0.4, -0.2) is 19.2 Å². The predicted octanol–water partition coefficient (Wildman–Crippen LogP) is 2.66. The highest BCUT2D eigenvalue weighted by atomic mass is 35.5. The molecule has 1 atom stereocenters. The summed E-state index contributed by atoms with van der Waals surface area (Å²) in [5.41, 5.74) is 0.0214. The Hall–Kier alpha value is -0.710. The average molecular weight is 264 g/mol. The molecule has 1 aliphatic rings. The number of hydrogen-bond donors (Lipinski definition) is 1. The van der Waals surface area contributed by atoms with Crippen LogP contribution in [0.4, 0.5) is 8.78 Å². The van der Waals surface area contributed by atoms with Gasteiger partial charge < -0.3 is 10.1 Å². The molecular formula is C12H16ClF2NO. The standard InChI is InChI=1S/C12H15F2NO.ClH/c13-11-4-1-5-12(14)10(11)8-16-9-3-2-6-15-7-9;/h1,4-5,9,15H,2-3,6-8H2;1H. The molecule has 1 fully saturated rings. The van der Waals surface area contributed by atoms with Crippen molar-refractivity contribution in [1.29, 1.82) is 0 Å². The molecule has 1 saturated heterocycles. The number of hydrogen-bond acceptors (Lipinski definition) is 2. The van der Waals surface area contributed by atoms with E-state index in [4.69, 9.17) is 4.74 Å². The monoisotopic (exact) mass is 263 g/mol. The van der Waals surface area contributed by atoms with Crippen molar-refractivity contribution in [3.8, 4) is 0 Å². The van der Waals surface area contributed by atoms with Gasteiger partial charge in [0.2, 0.25) is 0 Å². The van der Waals surface area contributed by atoms with Crippen molar-refractivity contribution in [1.82, 2.24) is 5.32 Å². The summed E-state index contributed by atoms with van der Waals surface area (Å²) in [6.45, 7) is 1.76. The van der Waals surface area contributed by atoms with E-state index in [-0.39, 0.29) is 30.7 Å². The normalized spacial score (nSPS) is 19.8. The SMILES string of the molecule is Cl.Fc1cccc(F)c1COC1CCCNC1. The van der Waals surface area contributed by atoms with Gasteiger partial charge >= 0.3 is 0 Å². The van der Waals surface area contributed by atoms with Gasteiger partial charge in [-0.15, -0.1) is 12.4 Å². The molecular weight excluding hydrogens is 248 g/mol. The highest BCUT2D eigenvalue weighted by Crippen LogP contribution is 2.15. The van der Waals surface area contributed by atoms with Crippen molar-refractivity contribution < 1.29 is 13.5 Å². The third kappa shape index (κ3) is 3.91. The largest absolute Gasteiger partial charge is 0.372 e. The van der Waals surface area contributed by atoms with Crippen molar-refractivity contribution in [3.05, 3.63) is 35.4 Å². The van der Waals surface area contributed by atoms with Gasteiger partial charge in [0.05, 0.1) is 12.7 Å². The Morgan fingerprint density at radius 3 is 2.59 bits per heavy atom. The van der Waals surface area contributed by atoms with E-state index in [2.05, 4.69) is 5.32 Å². The molecule has 1 N–H and O–H groups in total. The highest BCUT2D eigenvalue weighted by Gasteiger charge is 2.15. The molecule has 1 aromatic rings. The van der Waals surface area contributed by atoms with Gasteiger partial charge in [-0.1, -0.05) is 6.07 Å². The van der Waals surface area contributed by atoms with E-state index in [0.29, 0.717) is 0 Å². The number of nitrogens with one attached hydrogen (secondary N) is 1. The van der Waals surface area contributed by atoms with Crippen molar-refractivity contribution >= 4 is 12.4 Å². The molecule has 0 aliphatic carbocycles. The van der Waals surface area contributed by atoms with Crippen molar-refractivity contribution in [2.45, 2.75) is 25.6 Å². The minimum absolute atomic E-state index is 0. The number of ether oxygens (including phenoxy) is 1. The van der Waals surface area contributed by atoms with Crippen LogP contribution < -0.4 is 5.32 Å². The van der Waals surface area contributed by atoms with Gasteiger partial charge in [-0.05, 0) is 31.5 Å². The van der Waals surface area contributed by atoms with Gasteiger partial charge in [0.15, 0.2) is 0 Å². The lowest BCUT2D eigenvalue weighted by molar-refractivity contribution is 0.0225. The summed E-state index contributed by atoms with van der Waals surface area (Å²) in [6.07, 6.45) is 2.06. The molecule has 1 aliphatic heterocycles. The van der Waals surface area contributed by atoms with Crippen LogP contribution in [0.25, 0.3) is 0 Å². The lowest BCUT2D eigenvalue weighted by atomic mass is 10.1. The molecule has 0 spiro atoms.